The minimum absolute atomic E-state index is 0.0218. The second-order valence-electron chi connectivity index (χ2n) is 4.82. The molecule has 0 aliphatic carbocycles. The molecule has 2 rings (SSSR count). The number of hydrogen-bond donors (Lipinski definition) is 2. The molecule has 0 radical (unpaired) electrons. The summed E-state index contributed by atoms with van der Waals surface area (Å²) in [5.41, 5.74) is 0.727. The van der Waals surface area contributed by atoms with Crippen molar-refractivity contribution >= 4 is 21.6 Å². The van der Waals surface area contributed by atoms with E-state index in [9.17, 15) is 13.2 Å². The van der Waals surface area contributed by atoms with E-state index in [2.05, 4.69) is 16.6 Å². The first-order valence-corrected chi connectivity index (χ1v) is 8.61. The third-order valence-electron chi connectivity index (χ3n) is 3.18. The number of ether oxygens (including phenoxy) is 1. The lowest BCUT2D eigenvalue weighted by Gasteiger charge is -2.12. The quantitative estimate of drug-likeness (QED) is 0.754. The average molecular weight is 346 g/mol. The lowest BCUT2D eigenvalue weighted by Crippen LogP contribution is -2.24. The monoisotopic (exact) mass is 346 g/mol. The second kappa shape index (κ2) is 7.76. The maximum atomic E-state index is 12.3. The smallest absolute Gasteiger partial charge is 0.255 e. The van der Waals surface area contributed by atoms with Crippen molar-refractivity contribution in [2.24, 2.45) is 0 Å². The molecule has 2 aromatic rings. The Morgan fingerprint density at radius 2 is 1.92 bits per heavy atom. The Morgan fingerprint density at radius 3 is 2.54 bits per heavy atom. The molecule has 0 unspecified atom stereocenters. The van der Waals surface area contributed by atoms with Crippen LogP contribution in [0, 0.1) is 0 Å². The summed E-state index contributed by atoms with van der Waals surface area (Å²) < 4.78 is 31.9. The minimum Gasteiger partial charge on any atom is -0.495 e. The number of carbonyl (C=O) groups excluding carboxylic acids is 1. The van der Waals surface area contributed by atoms with E-state index >= 15 is 0 Å². The van der Waals surface area contributed by atoms with Crippen LogP contribution in [0.2, 0.25) is 0 Å². The van der Waals surface area contributed by atoms with Crippen molar-refractivity contribution in [2.75, 3.05) is 19.0 Å². The number of carbonyl (C=O) groups is 1. The van der Waals surface area contributed by atoms with Crippen molar-refractivity contribution in [3.8, 4) is 5.75 Å². The van der Waals surface area contributed by atoms with Gasteiger partial charge in [-0.15, -0.1) is 6.58 Å². The molecule has 2 N–H and O–H groups in total. The van der Waals surface area contributed by atoms with Crippen LogP contribution in [0.15, 0.2) is 66.1 Å². The first-order valence-electron chi connectivity index (χ1n) is 7.13. The summed E-state index contributed by atoms with van der Waals surface area (Å²) in [4.78, 5) is 12.3. The summed E-state index contributed by atoms with van der Waals surface area (Å²) >= 11 is 0. The molecule has 0 heterocycles. The largest absolute Gasteiger partial charge is 0.495 e. The van der Waals surface area contributed by atoms with Gasteiger partial charge in [-0.3, -0.25) is 4.79 Å². The van der Waals surface area contributed by atoms with Gasteiger partial charge in [-0.05, 0) is 30.3 Å². The Morgan fingerprint density at radius 1 is 1.21 bits per heavy atom. The number of hydrogen-bond acceptors (Lipinski definition) is 4. The highest BCUT2D eigenvalue weighted by Gasteiger charge is 2.17. The molecule has 0 fully saturated rings. The van der Waals surface area contributed by atoms with Gasteiger partial charge in [0.15, 0.2) is 0 Å². The SMILES string of the molecule is C=CCNS(=O)(=O)c1ccc(OC)c(NC(=O)c2ccccc2)c1. The van der Waals surface area contributed by atoms with Gasteiger partial charge in [0.25, 0.3) is 5.91 Å². The van der Waals surface area contributed by atoms with Crippen molar-refractivity contribution in [2.45, 2.75) is 4.90 Å². The molecule has 0 aliphatic rings. The van der Waals surface area contributed by atoms with Crippen LogP contribution in [-0.4, -0.2) is 28.0 Å². The normalized spacial score (nSPS) is 10.9. The fourth-order valence-electron chi connectivity index (χ4n) is 1.99. The van der Waals surface area contributed by atoms with Gasteiger partial charge in [0.2, 0.25) is 10.0 Å². The van der Waals surface area contributed by atoms with E-state index in [4.69, 9.17) is 4.74 Å². The molecule has 0 bridgehead atoms. The molecule has 126 valence electrons. The molecule has 0 aromatic heterocycles. The number of anilines is 1. The van der Waals surface area contributed by atoms with Crippen LogP contribution in [0.3, 0.4) is 0 Å². The highest BCUT2D eigenvalue weighted by atomic mass is 32.2. The molecule has 0 atom stereocenters. The first-order chi connectivity index (χ1) is 11.5. The third-order valence-corrected chi connectivity index (χ3v) is 4.60. The van der Waals surface area contributed by atoms with Gasteiger partial charge in [-0.25, -0.2) is 13.1 Å². The zero-order chi connectivity index (χ0) is 17.6. The van der Waals surface area contributed by atoms with Gasteiger partial charge in [0.1, 0.15) is 5.75 Å². The van der Waals surface area contributed by atoms with Crippen LogP contribution in [0.25, 0.3) is 0 Å². The van der Waals surface area contributed by atoms with Gasteiger partial charge < -0.3 is 10.1 Å². The van der Waals surface area contributed by atoms with Crippen molar-refractivity contribution in [1.82, 2.24) is 4.72 Å². The Hall–Kier alpha value is -2.64. The summed E-state index contributed by atoms with van der Waals surface area (Å²) in [7, 11) is -2.26. The highest BCUT2D eigenvalue weighted by molar-refractivity contribution is 7.89. The van der Waals surface area contributed by atoms with Gasteiger partial charge >= 0.3 is 0 Å². The molecule has 24 heavy (non-hydrogen) atoms. The van der Waals surface area contributed by atoms with Crippen LogP contribution in [0.5, 0.6) is 5.75 Å². The summed E-state index contributed by atoms with van der Waals surface area (Å²) in [6.45, 7) is 3.58. The summed E-state index contributed by atoms with van der Waals surface area (Å²) in [6.07, 6.45) is 1.44. The van der Waals surface area contributed by atoms with Gasteiger partial charge in [-0.2, -0.15) is 0 Å². The van der Waals surface area contributed by atoms with Crippen molar-refractivity contribution in [3.63, 3.8) is 0 Å². The van der Waals surface area contributed by atoms with Crippen molar-refractivity contribution < 1.29 is 17.9 Å². The number of rotatable bonds is 7. The lowest BCUT2D eigenvalue weighted by molar-refractivity contribution is 0.102. The molecule has 1 amide bonds. The van der Waals surface area contributed by atoms with Crippen LogP contribution in [-0.2, 0) is 10.0 Å². The maximum Gasteiger partial charge on any atom is 0.255 e. The first kappa shape index (κ1) is 17.7. The summed E-state index contributed by atoms with van der Waals surface area (Å²) in [5, 5.41) is 2.67. The van der Waals surface area contributed by atoms with E-state index in [0.717, 1.165) is 0 Å². The van der Waals surface area contributed by atoms with Crippen molar-refractivity contribution in [1.29, 1.82) is 0 Å². The molecule has 0 saturated heterocycles. The number of methoxy groups -OCH3 is 1. The van der Waals surface area contributed by atoms with Crippen molar-refractivity contribution in [3.05, 3.63) is 66.7 Å². The fraction of sp³-hybridized carbons (Fsp3) is 0.118. The van der Waals surface area contributed by atoms with E-state index in [0.29, 0.717) is 11.3 Å². The van der Waals surface area contributed by atoms with E-state index < -0.39 is 10.0 Å². The van der Waals surface area contributed by atoms with Gasteiger partial charge in [0, 0.05) is 12.1 Å². The Kier molecular flexibility index (Phi) is 5.73. The molecule has 2 aromatic carbocycles. The second-order valence-corrected chi connectivity index (χ2v) is 6.59. The predicted octanol–water partition coefficient (Wildman–Crippen LogP) is 2.41. The zero-order valence-corrected chi connectivity index (χ0v) is 14.0. The van der Waals surface area contributed by atoms with Crippen LogP contribution in [0.1, 0.15) is 10.4 Å². The van der Waals surface area contributed by atoms with Crippen LogP contribution in [0.4, 0.5) is 5.69 Å². The maximum absolute atomic E-state index is 12.3. The molecule has 0 aliphatic heterocycles. The van der Waals surface area contributed by atoms with E-state index in [1.807, 2.05) is 0 Å². The van der Waals surface area contributed by atoms with Gasteiger partial charge in [-0.1, -0.05) is 24.3 Å². The van der Waals surface area contributed by atoms with E-state index in [1.54, 1.807) is 30.3 Å². The third kappa shape index (κ3) is 4.21. The summed E-state index contributed by atoms with van der Waals surface area (Å²) in [5.74, 6) is 0.00412. The molecule has 6 nitrogen and oxygen atoms in total. The number of amides is 1. The molecule has 7 heteroatoms. The Labute approximate surface area is 141 Å². The standard InChI is InChI=1S/C17H18N2O4S/c1-3-11-18-24(21,22)14-9-10-16(23-2)15(12-14)19-17(20)13-7-5-4-6-8-13/h3-10,12,18H,1,11H2,2H3,(H,19,20). The lowest BCUT2D eigenvalue weighted by atomic mass is 10.2. The number of nitrogens with one attached hydrogen (secondary N) is 2. The molecular formula is C17H18N2O4S. The number of sulfonamides is 1. The minimum atomic E-state index is -3.70. The topological polar surface area (TPSA) is 84.5 Å². The van der Waals surface area contributed by atoms with E-state index in [1.165, 1.54) is 31.4 Å². The van der Waals surface area contributed by atoms with Crippen LogP contribution < -0.4 is 14.8 Å². The number of benzene rings is 2. The van der Waals surface area contributed by atoms with Gasteiger partial charge in [0.05, 0.1) is 17.7 Å². The van der Waals surface area contributed by atoms with E-state index in [-0.39, 0.29) is 23.0 Å². The fourth-order valence-corrected chi connectivity index (χ4v) is 3.01. The zero-order valence-electron chi connectivity index (χ0n) is 13.2. The predicted molar refractivity (Wildman–Crippen MR) is 92.8 cm³/mol. The molecular weight excluding hydrogens is 328 g/mol. The highest BCUT2D eigenvalue weighted by Crippen LogP contribution is 2.28. The summed E-state index contributed by atoms with van der Waals surface area (Å²) in [6, 6.07) is 12.9. The molecule has 0 saturated carbocycles. The Bertz CT molecular complexity index is 833. The van der Waals surface area contributed by atoms with Crippen LogP contribution >= 0.6 is 0 Å². The Balaban J connectivity index is 2.33. The molecule has 0 spiro atoms. The average Bonchev–Trinajstić information content (AvgIpc) is 2.60.